The summed E-state index contributed by atoms with van der Waals surface area (Å²) in [4.78, 5) is 16.7. The highest BCUT2D eigenvalue weighted by Gasteiger charge is 2.21. The summed E-state index contributed by atoms with van der Waals surface area (Å²) in [5.74, 6) is 0.625. The largest absolute Gasteiger partial charge is 0.422 e. The summed E-state index contributed by atoms with van der Waals surface area (Å²) in [5, 5.41) is 1.03. The maximum atomic E-state index is 12.4. The van der Waals surface area contributed by atoms with Crippen molar-refractivity contribution < 1.29 is 4.42 Å². The van der Waals surface area contributed by atoms with Gasteiger partial charge in [-0.15, -0.1) is 11.8 Å². The van der Waals surface area contributed by atoms with Gasteiger partial charge >= 0.3 is 5.63 Å². The predicted octanol–water partition coefficient (Wildman–Crippen LogP) is 4.61. The van der Waals surface area contributed by atoms with Crippen molar-refractivity contribution in [2.24, 2.45) is 0 Å². The Hall–Kier alpha value is -2.46. The van der Waals surface area contributed by atoms with Crippen LogP contribution in [-0.4, -0.2) is 11.2 Å². The lowest BCUT2D eigenvalue weighted by Crippen LogP contribution is -1.95. The number of nitrogens with one attached hydrogen (secondary N) is 1. The van der Waals surface area contributed by atoms with Crippen molar-refractivity contribution in [3.8, 4) is 22.5 Å². The zero-order valence-corrected chi connectivity index (χ0v) is 12.7. The van der Waals surface area contributed by atoms with Crippen molar-refractivity contribution in [1.82, 2.24) is 4.98 Å². The SMILES string of the molecule is CSc1cccc2c(-c3c[nH]c4ccccc34)c(=O)oc-2c1. The molecule has 0 atom stereocenters. The van der Waals surface area contributed by atoms with Gasteiger partial charge in [0.05, 0.1) is 5.56 Å². The van der Waals surface area contributed by atoms with E-state index in [4.69, 9.17) is 4.42 Å². The summed E-state index contributed by atoms with van der Waals surface area (Å²) in [6.45, 7) is 0. The molecule has 0 spiro atoms. The molecule has 0 saturated carbocycles. The fourth-order valence-electron chi connectivity index (χ4n) is 2.79. The molecule has 0 fully saturated rings. The third-order valence-electron chi connectivity index (χ3n) is 3.83. The summed E-state index contributed by atoms with van der Waals surface area (Å²) in [6, 6.07) is 15.8. The molecule has 1 aliphatic heterocycles. The summed E-state index contributed by atoms with van der Waals surface area (Å²) >= 11 is 1.62. The number of rotatable bonds is 2. The molecule has 22 heavy (non-hydrogen) atoms. The minimum atomic E-state index is -0.294. The molecule has 0 bridgehead atoms. The van der Waals surface area contributed by atoms with Crippen molar-refractivity contribution in [1.29, 1.82) is 0 Å². The van der Waals surface area contributed by atoms with Gasteiger partial charge in [0.1, 0.15) is 5.76 Å². The number of fused-ring (bicyclic) bond motifs is 2. The van der Waals surface area contributed by atoms with Gasteiger partial charge in [0.15, 0.2) is 0 Å². The Balaban J connectivity index is 2.03. The quantitative estimate of drug-likeness (QED) is 0.550. The van der Waals surface area contributed by atoms with Gasteiger partial charge in [-0.05, 0) is 24.5 Å². The van der Waals surface area contributed by atoms with Crippen LogP contribution < -0.4 is 5.63 Å². The Labute approximate surface area is 131 Å². The van der Waals surface area contributed by atoms with Gasteiger partial charge < -0.3 is 9.40 Å². The second kappa shape index (κ2) is 5.07. The van der Waals surface area contributed by atoms with Crippen LogP contribution in [0.3, 0.4) is 0 Å². The molecule has 1 aromatic carbocycles. The van der Waals surface area contributed by atoms with Crippen LogP contribution in [0.25, 0.3) is 33.4 Å². The number of thioether (sulfide) groups is 1. The third-order valence-corrected chi connectivity index (χ3v) is 4.56. The van der Waals surface area contributed by atoms with E-state index in [-0.39, 0.29) is 5.63 Å². The number of aromatic amines is 1. The predicted molar refractivity (Wildman–Crippen MR) is 90.7 cm³/mol. The van der Waals surface area contributed by atoms with E-state index in [2.05, 4.69) is 4.98 Å². The second-order valence-electron chi connectivity index (χ2n) is 5.07. The Morgan fingerprint density at radius 2 is 1.91 bits per heavy atom. The first-order valence-corrected chi connectivity index (χ1v) is 8.18. The number of furan rings is 1. The van der Waals surface area contributed by atoms with E-state index in [1.807, 2.05) is 61.0 Å². The van der Waals surface area contributed by atoms with Crippen LogP contribution in [0, 0.1) is 0 Å². The Morgan fingerprint density at radius 1 is 1.05 bits per heavy atom. The molecule has 1 aliphatic carbocycles. The van der Waals surface area contributed by atoms with Crippen molar-refractivity contribution in [3.05, 3.63) is 65.1 Å². The molecule has 2 heterocycles. The van der Waals surface area contributed by atoms with Crippen LogP contribution >= 0.6 is 11.8 Å². The average molecular weight is 307 g/mol. The van der Waals surface area contributed by atoms with Gasteiger partial charge in [0.25, 0.3) is 0 Å². The van der Waals surface area contributed by atoms with Crippen LogP contribution in [0.5, 0.6) is 0 Å². The molecule has 0 amide bonds. The molecule has 2 aliphatic rings. The molecular formula is C18H13NO2S. The number of H-pyrrole nitrogens is 1. The highest BCUT2D eigenvalue weighted by atomic mass is 32.2. The van der Waals surface area contributed by atoms with Crippen LogP contribution in [0.15, 0.2) is 68.8 Å². The summed E-state index contributed by atoms with van der Waals surface area (Å²) < 4.78 is 5.49. The highest BCUT2D eigenvalue weighted by molar-refractivity contribution is 7.98. The van der Waals surface area contributed by atoms with Gasteiger partial charge in [-0.3, -0.25) is 0 Å². The van der Waals surface area contributed by atoms with Crippen molar-refractivity contribution in [2.45, 2.75) is 4.90 Å². The Morgan fingerprint density at radius 3 is 2.77 bits per heavy atom. The van der Waals surface area contributed by atoms with Crippen molar-refractivity contribution in [3.63, 3.8) is 0 Å². The minimum Gasteiger partial charge on any atom is -0.422 e. The van der Waals surface area contributed by atoms with Gasteiger partial charge in [-0.25, -0.2) is 4.79 Å². The molecule has 2 aromatic rings. The van der Waals surface area contributed by atoms with Gasteiger partial charge in [-0.2, -0.15) is 0 Å². The van der Waals surface area contributed by atoms with E-state index < -0.39 is 0 Å². The van der Waals surface area contributed by atoms with Crippen molar-refractivity contribution in [2.75, 3.05) is 6.26 Å². The Kier molecular flexibility index (Phi) is 3.05. The van der Waals surface area contributed by atoms with E-state index in [0.29, 0.717) is 11.3 Å². The lowest BCUT2D eigenvalue weighted by atomic mass is 10.0. The Bertz CT molecular complexity index is 999. The second-order valence-corrected chi connectivity index (χ2v) is 5.95. The first-order valence-electron chi connectivity index (χ1n) is 6.95. The number of hydrogen-bond acceptors (Lipinski definition) is 3. The fourth-order valence-corrected chi connectivity index (χ4v) is 3.23. The molecule has 3 nitrogen and oxygen atoms in total. The van der Waals surface area contributed by atoms with E-state index in [0.717, 1.165) is 26.9 Å². The average Bonchev–Trinajstić information content (AvgIpc) is 3.00. The van der Waals surface area contributed by atoms with E-state index in [9.17, 15) is 4.79 Å². The highest BCUT2D eigenvalue weighted by Crippen LogP contribution is 2.36. The van der Waals surface area contributed by atoms with Crippen LogP contribution in [0.2, 0.25) is 0 Å². The normalized spacial score (nSPS) is 11.3. The molecular weight excluding hydrogens is 294 g/mol. The van der Waals surface area contributed by atoms with Gasteiger partial charge in [0.2, 0.25) is 0 Å². The minimum absolute atomic E-state index is 0.294. The van der Waals surface area contributed by atoms with E-state index in [1.165, 1.54) is 0 Å². The first kappa shape index (κ1) is 13.2. The zero-order valence-electron chi connectivity index (χ0n) is 11.9. The third kappa shape index (κ3) is 1.96. The maximum Gasteiger partial charge on any atom is 0.344 e. The molecule has 4 rings (SSSR count). The van der Waals surface area contributed by atoms with Crippen LogP contribution in [0.4, 0.5) is 0 Å². The molecule has 1 aromatic heterocycles. The number of aromatic nitrogens is 1. The van der Waals surface area contributed by atoms with E-state index in [1.54, 1.807) is 11.8 Å². The summed E-state index contributed by atoms with van der Waals surface area (Å²) in [5.41, 5.74) is 3.07. The van der Waals surface area contributed by atoms with Gasteiger partial charge in [-0.1, -0.05) is 30.3 Å². The first-order chi connectivity index (χ1) is 10.8. The fraction of sp³-hybridized carbons (Fsp3) is 0.0556. The zero-order chi connectivity index (χ0) is 15.1. The van der Waals surface area contributed by atoms with Crippen LogP contribution in [-0.2, 0) is 0 Å². The smallest absolute Gasteiger partial charge is 0.344 e. The van der Waals surface area contributed by atoms with E-state index >= 15 is 0 Å². The summed E-state index contributed by atoms with van der Waals surface area (Å²) in [7, 11) is 0. The molecule has 0 unspecified atom stereocenters. The standard InChI is InChI=1S/C18H13NO2S/c1-22-11-5-4-7-13-16(9-11)21-18(20)17(13)14-10-19-15-8-3-2-6-12(14)15/h2-10,19H,1H3. The maximum absolute atomic E-state index is 12.4. The monoisotopic (exact) mass is 307 g/mol. The summed E-state index contributed by atoms with van der Waals surface area (Å²) in [6.07, 6.45) is 3.88. The number of benzene rings is 1. The van der Waals surface area contributed by atoms with Crippen LogP contribution in [0.1, 0.15) is 0 Å². The lowest BCUT2D eigenvalue weighted by molar-refractivity contribution is 0.545. The molecule has 0 radical (unpaired) electrons. The van der Waals surface area contributed by atoms with Gasteiger partial charge in [0, 0.05) is 33.1 Å². The lowest BCUT2D eigenvalue weighted by Gasteiger charge is -1.96. The molecule has 108 valence electrons. The number of para-hydroxylation sites is 1. The topological polar surface area (TPSA) is 46.0 Å². The number of hydrogen-bond donors (Lipinski definition) is 1. The molecule has 0 saturated heterocycles. The molecule has 1 N–H and O–H groups in total. The molecule has 4 heteroatoms. The van der Waals surface area contributed by atoms with Crippen molar-refractivity contribution >= 4 is 22.7 Å².